The molecule has 0 fully saturated rings. The molecule has 0 amide bonds. The van der Waals surface area contributed by atoms with Gasteiger partial charge in [0.15, 0.2) is 52.1 Å². The van der Waals surface area contributed by atoms with E-state index in [-0.39, 0.29) is 231 Å². The molecule has 0 aliphatic carbocycles. The first-order valence-electron chi connectivity index (χ1n) is 21.3. The van der Waals surface area contributed by atoms with Crippen molar-refractivity contribution in [3.05, 3.63) is 20.4 Å². The summed E-state index contributed by atoms with van der Waals surface area (Å²) in [6, 6.07) is 0. The second-order valence-corrected chi connectivity index (χ2v) is 55.3. The maximum atomic E-state index is 12.1. The van der Waals surface area contributed by atoms with Crippen LogP contribution in [0, 0.1) is 6.92 Å². The van der Waals surface area contributed by atoms with Crippen molar-refractivity contribution in [2.75, 3.05) is 0 Å². The summed E-state index contributed by atoms with van der Waals surface area (Å²) in [5.41, 5.74) is -73.1. The maximum absolute atomic E-state index is 12.1. The van der Waals surface area contributed by atoms with Crippen LogP contribution >= 0.6 is 101 Å². The topological polar surface area (TPSA) is 688 Å². The van der Waals surface area contributed by atoms with Crippen LogP contribution in [-0.2, 0) is 143 Å². The third-order valence-electron chi connectivity index (χ3n) is 6.12. The fraction of sp³-hybridized carbons (Fsp3) is 0.938. The summed E-state index contributed by atoms with van der Waals surface area (Å²) in [6.45, 7) is -0.175. The molecule has 112 heteroatoms. The molecule has 1 unspecified atom stereocenters. The summed E-state index contributed by atoms with van der Waals surface area (Å²) in [7, 11) is -92.0. The van der Waals surface area contributed by atoms with Crippen molar-refractivity contribution in [3.63, 3.8) is 0 Å². The van der Waals surface area contributed by atoms with Gasteiger partial charge in [0, 0.05) is 0 Å². The van der Waals surface area contributed by atoms with Crippen molar-refractivity contribution in [2.45, 2.75) is 85.9 Å². The maximum Gasteiger partial charge on any atom is 1.00 e. The molecule has 0 saturated heterocycles. The van der Waals surface area contributed by atoms with Gasteiger partial charge in [-0.2, -0.15) is 187 Å². The van der Waals surface area contributed by atoms with Gasteiger partial charge in [0.1, 0.15) is 0 Å². The van der Waals surface area contributed by atoms with Crippen LogP contribution in [0.1, 0.15) is 19.8 Å². The minimum Gasteiger partial charge on any atom is -0.456 e. The molecule has 714 valence electrons. The SMILES string of the molecule is NS(=O)(=O)C(F)(F)F.NS(=O)(=O)C(F)(F)F.NS(=O)(=O)C(F)(F)F.O=P(Cl)(Cl)Cl.O=P(Cl)(Cl)NS(=O)(=O)C(F)(F)F.O=P(Cl)([N-]S(=O)(=O)C(F)(F)F)NS(=O)(=O)C(F)(F)F.O=P([N-]S(=O)(=O)C(F)(F)F)(NS(=O)(=O)C(F)(F)F)NS(=O)(=O)C(F)(F)F.O=P([N-]S(=O)(=O)C(F)(F)F)(NS(=O)(=O)C(F)(F)F)NS(=O)(=O)C(F)(F)F.[CH2-]CCC.[Li+].[Li+].[Li+].[Li+].[Li+].[Li+].[Li+].[Li+].[Li+].[Li+].[Li+].[Li+]. The smallest absolute Gasteiger partial charge is 0.456 e. The van der Waals surface area contributed by atoms with Crippen LogP contribution in [0.15, 0.2) is 0 Å². The first-order chi connectivity index (χ1) is 48.3. The number of hydrogen-bond acceptors (Lipinski definition) is 29. The molecule has 0 bridgehead atoms. The number of primary sulfonamides is 3. The molecular formula is C16H21Cl6F36Li12N12O29P5S12+8. The molecule has 0 aliphatic rings. The van der Waals surface area contributed by atoms with E-state index in [1.165, 1.54) is 10.9 Å². The number of nitrogens with one attached hydrogen (secondary N) is 6. The van der Waals surface area contributed by atoms with Crippen LogP contribution in [0.25, 0.3) is 13.5 Å². The van der Waals surface area contributed by atoms with Crippen LogP contribution in [-0.4, -0.2) is 167 Å². The molecule has 0 heterocycles. The average molecular weight is 2370 g/mol. The quantitative estimate of drug-likeness (QED) is 0.0251. The summed E-state index contributed by atoms with van der Waals surface area (Å²) in [6.07, 6.45) is 2.28. The van der Waals surface area contributed by atoms with Crippen LogP contribution in [0.2, 0.25) is 0 Å². The second kappa shape index (κ2) is 63.9. The summed E-state index contributed by atoms with van der Waals surface area (Å²) < 4.78 is 722. The van der Waals surface area contributed by atoms with Gasteiger partial charge < -0.3 is 34.1 Å². The minimum absolute atomic E-state index is 0. The first-order valence-corrected chi connectivity index (χ1v) is 53.0. The van der Waals surface area contributed by atoms with E-state index >= 15 is 0 Å². The molecule has 0 rings (SSSR count). The molecule has 128 heavy (non-hydrogen) atoms. The van der Waals surface area contributed by atoms with Crippen molar-refractivity contribution in [2.24, 2.45) is 15.4 Å². The van der Waals surface area contributed by atoms with Crippen LogP contribution in [0.5, 0.6) is 0 Å². The molecule has 0 aliphatic heterocycles. The van der Waals surface area contributed by atoms with Gasteiger partial charge in [-0.05, 0) is 56.2 Å². The predicted molar refractivity (Wildman–Crippen MR) is 315 cm³/mol. The van der Waals surface area contributed by atoms with E-state index in [0.717, 1.165) is 15.4 Å². The molecule has 0 aromatic heterocycles. The first kappa shape index (κ1) is 186. The van der Waals surface area contributed by atoms with Crippen LogP contribution < -0.4 is 269 Å². The third kappa shape index (κ3) is 79.7. The number of nitrogens with zero attached hydrogens (tertiary/aromatic N) is 3. The van der Waals surface area contributed by atoms with Gasteiger partial charge in [0.25, 0.3) is 0 Å². The van der Waals surface area contributed by atoms with E-state index in [0.29, 0.717) is 4.49 Å². The normalized spacial score (nSPS) is 13.8. The zero-order chi connectivity index (χ0) is 98.3. The number of alkyl halides is 36. The Balaban J connectivity index is -0.0000000553. The van der Waals surface area contributed by atoms with Crippen LogP contribution in [0.4, 0.5) is 158 Å². The summed E-state index contributed by atoms with van der Waals surface area (Å²) in [5.74, 6) is -4.50. The van der Waals surface area contributed by atoms with Crippen molar-refractivity contribution < 1.29 is 508 Å². The zero-order valence-corrected chi connectivity index (χ0v) is 80.8. The van der Waals surface area contributed by atoms with Crippen molar-refractivity contribution >= 4 is 221 Å². The largest absolute Gasteiger partial charge is 1.00 e. The van der Waals surface area contributed by atoms with Gasteiger partial charge >= 0.3 is 394 Å². The zero-order valence-electron chi connectivity index (χ0n) is 62.0. The van der Waals surface area contributed by atoms with Crippen LogP contribution in [0.3, 0.4) is 0 Å². The van der Waals surface area contributed by atoms with E-state index in [1.54, 1.807) is 0 Å². The van der Waals surface area contributed by atoms with E-state index in [1.807, 2.05) is 0 Å². The van der Waals surface area contributed by atoms with Gasteiger partial charge in [-0.15, -0.1) is 4.49 Å². The Hall–Kier alpha value is 6.46. The minimum atomic E-state index is -7.22. The Morgan fingerprint density at radius 1 is 0.250 bits per heavy atom. The van der Waals surface area contributed by atoms with Crippen molar-refractivity contribution in [1.82, 2.24) is 27.0 Å². The third-order valence-corrected chi connectivity index (χ3v) is 32.6. The number of halogens is 42. The van der Waals surface area contributed by atoms with Crippen molar-refractivity contribution in [1.29, 1.82) is 0 Å². The molecule has 12 N–H and O–H groups in total. The number of rotatable bonds is 19. The van der Waals surface area contributed by atoms with Gasteiger partial charge in [0.2, 0.25) is 0 Å². The Kier molecular flexibility index (Phi) is 92.8. The predicted octanol–water partition coefficient (Wildman–Crippen LogP) is -25.7. The van der Waals surface area contributed by atoms with Gasteiger partial charge in [-0.25, -0.2) is 116 Å². The van der Waals surface area contributed by atoms with Gasteiger partial charge in [0.05, 0.1) is 0 Å². The molecule has 0 saturated carbocycles. The van der Waals surface area contributed by atoms with E-state index in [9.17, 15) is 282 Å². The number of unbranched alkanes of at least 4 members (excludes halogenated alkanes) is 1. The fourth-order valence-electron chi connectivity index (χ4n) is 1.95. The number of nitrogens with two attached hydrogens (primary N) is 3. The molecule has 0 spiro atoms. The monoisotopic (exact) mass is 2360 g/mol. The second-order valence-electron chi connectivity index (χ2n) is 15.6. The molecule has 0 radical (unpaired) electrons. The fourth-order valence-corrected chi connectivity index (χ4v) is 22.9. The Morgan fingerprint density at radius 2 is 0.359 bits per heavy atom. The molecule has 1 atom stereocenters. The summed E-state index contributed by atoms with van der Waals surface area (Å²) in [5, 5.41) is 7.76. The Labute approximate surface area is 866 Å². The summed E-state index contributed by atoms with van der Waals surface area (Å²) >= 11 is 27.4. The standard InChI is InChI=1S/C4H9.2C3H2F9N3O7PS3.C2HClF6N2O5PS2.CHCl2F3NO3PS.3CH2F3NO2S.Cl3OP.12Li/c1-3-4-2;2*4-1(5,6)24(17,18)13-23(16,14-25(19,20)2(7,8)9)15-26(21,22)3(10,11)12;3-17(12,10-18(13,14)1(4,5)6)11-19(15,16)2(7,8)9;2-11(3,8)7-12(9,10)1(4,5)6;3*2-1(3,4)8(5,6)7;1-5(2,3)4;;;;;;;;;;;;/h1,3-4H2,2H3;2*(H2-,13,14,15,16);(H-,10,11,12);(H,7,8);3*(H2,5,6,7);;;;;;;;;;;;;/q4*-1;;;;;;12*+1. The summed E-state index contributed by atoms with van der Waals surface area (Å²) in [4.78, 5) is 0. The average Bonchev–Trinajstić information content (AvgIpc) is 0.770. The van der Waals surface area contributed by atoms with E-state index in [4.69, 9.17) is 0 Å². The van der Waals surface area contributed by atoms with E-state index < -0.39 is 238 Å². The molecular weight excluding hydrogens is 2340 g/mol. The molecule has 0 aromatic rings. The number of hydrogen-bond donors (Lipinski definition) is 9. The molecule has 41 nitrogen and oxygen atoms in total. The Bertz CT molecular complexity index is 4520. The molecule has 0 aromatic carbocycles. The number of sulfonamides is 12. The van der Waals surface area contributed by atoms with E-state index in [2.05, 4.69) is 96.7 Å². The Morgan fingerprint density at radius 3 is 0.445 bits per heavy atom. The van der Waals surface area contributed by atoms with Gasteiger partial charge in [-0.1, -0.05) is 24.6 Å². The van der Waals surface area contributed by atoms with Gasteiger partial charge in [-0.3, -0.25) is 9.13 Å². The van der Waals surface area contributed by atoms with Crippen molar-refractivity contribution in [3.8, 4) is 0 Å².